The van der Waals surface area contributed by atoms with E-state index in [4.69, 9.17) is 9.97 Å². The van der Waals surface area contributed by atoms with Crippen LogP contribution in [0.2, 0.25) is 0 Å². The second-order valence-corrected chi connectivity index (χ2v) is 8.11. The Morgan fingerprint density at radius 1 is 0.839 bits per heavy atom. The van der Waals surface area contributed by atoms with Gasteiger partial charge in [0.05, 0.1) is 5.69 Å². The SMILES string of the molecule is Cc1ccc(-c2nc(SCc3ccccc3)nc(NCc3ccccc3)c2C#N)cc1. The lowest BCUT2D eigenvalue weighted by molar-refractivity contribution is 0.951. The third-order valence-electron chi connectivity index (χ3n) is 4.84. The van der Waals surface area contributed by atoms with Crippen molar-refractivity contribution in [3.63, 3.8) is 0 Å². The van der Waals surface area contributed by atoms with Crippen LogP contribution in [0, 0.1) is 18.3 Å². The predicted molar refractivity (Wildman–Crippen MR) is 127 cm³/mol. The van der Waals surface area contributed by atoms with Crippen LogP contribution in [0.15, 0.2) is 90.1 Å². The summed E-state index contributed by atoms with van der Waals surface area (Å²) in [6.45, 7) is 2.63. The van der Waals surface area contributed by atoms with E-state index < -0.39 is 0 Å². The largest absolute Gasteiger partial charge is 0.365 e. The van der Waals surface area contributed by atoms with E-state index in [0.717, 1.165) is 22.4 Å². The zero-order valence-corrected chi connectivity index (χ0v) is 18.1. The molecule has 5 heteroatoms. The number of benzene rings is 3. The van der Waals surface area contributed by atoms with Crippen LogP contribution < -0.4 is 5.32 Å². The summed E-state index contributed by atoms with van der Waals surface area (Å²) in [5, 5.41) is 13.9. The normalized spacial score (nSPS) is 10.5. The van der Waals surface area contributed by atoms with Crippen LogP contribution in [0.3, 0.4) is 0 Å². The summed E-state index contributed by atoms with van der Waals surface area (Å²) in [7, 11) is 0. The molecule has 4 nitrogen and oxygen atoms in total. The van der Waals surface area contributed by atoms with E-state index in [1.165, 1.54) is 5.56 Å². The molecule has 0 saturated carbocycles. The van der Waals surface area contributed by atoms with Crippen LogP contribution in [0.1, 0.15) is 22.3 Å². The Kier molecular flexibility index (Phi) is 6.61. The third kappa shape index (κ3) is 5.30. The summed E-state index contributed by atoms with van der Waals surface area (Å²) < 4.78 is 0. The van der Waals surface area contributed by atoms with E-state index in [1.54, 1.807) is 11.8 Å². The van der Waals surface area contributed by atoms with Crippen LogP contribution in [-0.4, -0.2) is 9.97 Å². The van der Waals surface area contributed by atoms with Crippen molar-refractivity contribution in [1.82, 2.24) is 9.97 Å². The maximum absolute atomic E-state index is 9.93. The number of hydrogen-bond donors (Lipinski definition) is 1. The molecule has 0 aliphatic carbocycles. The van der Waals surface area contributed by atoms with Crippen molar-refractivity contribution in [3.8, 4) is 17.3 Å². The predicted octanol–water partition coefficient (Wildman–Crippen LogP) is 6.23. The molecule has 0 fully saturated rings. The summed E-state index contributed by atoms with van der Waals surface area (Å²) >= 11 is 1.57. The van der Waals surface area contributed by atoms with Crippen molar-refractivity contribution in [3.05, 3.63) is 107 Å². The van der Waals surface area contributed by atoms with Gasteiger partial charge in [-0.2, -0.15) is 5.26 Å². The zero-order valence-electron chi connectivity index (χ0n) is 17.2. The Labute approximate surface area is 187 Å². The van der Waals surface area contributed by atoms with Crippen molar-refractivity contribution < 1.29 is 0 Å². The Hall–Kier alpha value is -3.62. The fraction of sp³-hybridized carbons (Fsp3) is 0.115. The highest BCUT2D eigenvalue weighted by atomic mass is 32.2. The Balaban J connectivity index is 1.69. The Morgan fingerprint density at radius 2 is 1.48 bits per heavy atom. The van der Waals surface area contributed by atoms with Gasteiger partial charge in [0.25, 0.3) is 0 Å². The molecule has 4 aromatic rings. The zero-order chi connectivity index (χ0) is 21.5. The summed E-state index contributed by atoms with van der Waals surface area (Å²) in [4.78, 5) is 9.46. The minimum atomic E-state index is 0.462. The van der Waals surface area contributed by atoms with Gasteiger partial charge in [-0.25, -0.2) is 9.97 Å². The number of hydrogen-bond acceptors (Lipinski definition) is 5. The second-order valence-electron chi connectivity index (χ2n) is 7.17. The molecule has 4 rings (SSSR count). The number of thioether (sulfide) groups is 1. The number of rotatable bonds is 7. The molecule has 3 aromatic carbocycles. The van der Waals surface area contributed by atoms with Gasteiger partial charge in [-0.05, 0) is 18.1 Å². The summed E-state index contributed by atoms with van der Waals surface area (Å²) in [5.74, 6) is 1.32. The van der Waals surface area contributed by atoms with Gasteiger partial charge in [0.2, 0.25) is 0 Å². The first-order valence-corrected chi connectivity index (χ1v) is 11.0. The number of nitrogens with one attached hydrogen (secondary N) is 1. The molecular weight excluding hydrogens is 400 g/mol. The summed E-state index contributed by atoms with van der Waals surface area (Å²) in [6, 6.07) is 30.7. The van der Waals surface area contributed by atoms with Gasteiger partial charge in [-0.3, -0.25) is 0 Å². The number of nitriles is 1. The molecule has 1 heterocycles. The molecule has 0 bridgehead atoms. The Morgan fingerprint density at radius 3 is 2.13 bits per heavy atom. The number of aryl methyl sites for hydroxylation is 1. The van der Waals surface area contributed by atoms with Gasteiger partial charge >= 0.3 is 0 Å². The first-order chi connectivity index (χ1) is 15.2. The molecule has 0 amide bonds. The van der Waals surface area contributed by atoms with Crippen LogP contribution in [-0.2, 0) is 12.3 Å². The fourth-order valence-electron chi connectivity index (χ4n) is 3.16. The molecule has 1 N–H and O–H groups in total. The third-order valence-corrected chi connectivity index (χ3v) is 5.76. The van der Waals surface area contributed by atoms with Crippen LogP contribution >= 0.6 is 11.8 Å². The first kappa shape index (κ1) is 20.6. The van der Waals surface area contributed by atoms with E-state index in [2.05, 4.69) is 23.5 Å². The molecular formula is C26H22N4S. The fourth-order valence-corrected chi connectivity index (χ4v) is 3.96. The van der Waals surface area contributed by atoms with E-state index in [0.29, 0.717) is 28.8 Å². The van der Waals surface area contributed by atoms with E-state index in [9.17, 15) is 5.26 Å². The van der Waals surface area contributed by atoms with Gasteiger partial charge < -0.3 is 5.32 Å². The van der Waals surface area contributed by atoms with E-state index in [1.807, 2.05) is 79.7 Å². The van der Waals surface area contributed by atoms with Gasteiger partial charge in [-0.1, -0.05) is 102 Å². The maximum atomic E-state index is 9.93. The molecule has 31 heavy (non-hydrogen) atoms. The van der Waals surface area contributed by atoms with Gasteiger partial charge in [0.1, 0.15) is 17.5 Å². The quantitative estimate of drug-likeness (QED) is 0.283. The lowest BCUT2D eigenvalue weighted by Gasteiger charge is -2.13. The van der Waals surface area contributed by atoms with Crippen LogP contribution in [0.4, 0.5) is 5.82 Å². The molecule has 0 aliphatic heterocycles. The van der Waals surface area contributed by atoms with Crippen LogP contribution in [0.5, 0.6) is 0 Å². The smallest absolute Gasteiger partial charge is 0.190 e. The summed E-state index contributed by atoms with van der Waals surface area (Å²) in [5.41, 5.74) is 5.52. The van der Waals surface area contributed by atoms with Gasteiger partial charge in [0.15, 0.2) is 5.16 Å². The van der Waals surface area contributed by atoms with Crippen molar-refractivity contribution >= 4 is 17.6 Å². The van der Waals surface area contributed by atoms with E-state index in [-0.39, 0.29) is 0 Å². The maximum Gasteiger partial charge on any atom is 0.190 e. The van der Waals surface area contributed by atoms with Crippen molar-refractivity contribution in [2.24, 2.45) is 0 Å². The van der Waals surface area contributed by atoms with Crippen molar-refractivity contribution in [2.75, 3.05) is 5.32 Å². The molecule has 1 aromatic heterocycles. The molecule has 0 saturated heterocycles. The van der Waals surface area contributed by atoms with Crippen molar-refractivity contribution in [1.29, 1.82) is 5.26 Å². The lowest BCUT2D eigenvalue weighted by atomic mass is 10.1. The number of anilines is 1. The average molecular weight is 423 g/mol. The molecule has 0 unspecified atom stereocenters. The molecule has 0 atom stereocenters. The second kappa shape index (κ2) is 9.92. The summed E-state index contributed by atoms with van der Waals surface area (Å²) in [6.07, 6.45) is 0. The topological polar surface area (TPSA) is 61.6 Å². The number of aromatic nitrogens is 2. The minimum absolute atomic E-state index is 0.462. The average Bonchev–Trinajstić information content (AvgIpc) is 2.83. The highest BCUT2D eigenvalue weighted by Crippen LogP contribution is 2.30. The molecule has 0 radical (unpaired) electrons. The van der Waals surface area contributed by atoms with Crippen LogP contribution in [0.25, 0.3) is 11.3 Å². The lowest BCUT2D eigenvalue weighted by Crippen LogP contribution is -2.07. The minimum Gasteiger partial charge on any atom is -0.365 e. The number of nitrogens with zero attached hydrogens (tertiary/aromatic N) is 3. The van der Waals surface area contributed by atoms with E-state index >= 15 is 0 Å². The molecule has 152 valence electrons. The van der Waals surface area contributed by atoms with Gasteiger partial charge in [-0.15, -0.1) is 0 Å². The highest BCUT2D eigenvalue weighted by molar-refractivity contribution is 7.98. The van der Waals surface area contributed by atoms with Gasteiger partial charge in [0, 0.05) is 17.9 Å². The molecule has 0 spiro atoms. The standard InChI is InChI=1S/C26H22N4S/c1-19-12-14-22(15-13-19)24-23(16-27)25(28-17-20-8-4-2-5-9-20)30-26(29-24)31-18-21-10-6-3-7-11-21/h2-15H,17-18H2,1H3,(H,28,29,30). The monoisotopic (exact) mass is 422 g/mol. The Bertz CT molecular complexity index is 1180. The first-order valence-electron chi connectivity index (χ1n) is 10.1. The molecule has 0 aliphatic rings. The highest BCUT2D eigenvalue weighted by Gasteiger charge is 2.16. The van der Waals surface area contributed by atoms with Crippen molar-refractivity contribution in [2.45, 2.75) is 24.4 Å².